The maximum atomic E-state index is 13.1. The van der Waals surface area contributed by atoms with Gasteiger partial charge in [0.1, 0.15) is 23.9 Å². The van der Waals surface area contributed by atoms with Crippen LogP contribution in [0.2, 0.25) is 0 Å². The third-order valence-corrected chi connectivity index (χ3v) is 2.80. The average Bonchev–Trinajstić information content (AvgIpc) is 2.84. The van der Waals surface area contributed by atoms with Crippen LogP contribution in [-0.4, -0.2) is 5.11 Å². The van der Waals surface area contributed by atoms with Crippen molar-refractivity contribution < 1.29 is 13.9 Å². The van der Waals surface area contributed by atoms with Crippen LogP contribution in [0.4, 0.5) is 4.39 Å². The molecule has 0 aliphatic carbocycles. The molecule has 1 atom stereocenters. The zero-order chi connectivity index (χ0) is 13.0. The molecule has 1 unspecified atom stereocenters. The van der Waals surface area contributed by atoms with Gasteiger partial charge in [-0.2, -0.15) is 0 Å². The van der Waals surface area contributed by atoms with Crippen molar-refractivity contribution in [1.29, 1.82) is 0 Å². The third-order valence-electron chi connectivity index (χ3n) is 2.80. The molecule has 2 aromatic rings. The van der Waals surface area contributed by atoms with E-state index in [4.69, 9.17) is 9.52 Å². The number of halogens is 1. The van der Waals surface area contributed by atoms with Crippen LogP contribution < -0.4 is 5.32 Å². The van der Waals surface area contributed by atoms with Crippen LogP contribution in [0.1, 0.15) is 30.0 Å². The summed E-state index contributed by atoms with van der Waals surface area (Å²) in [7, 11) is 0. The molecule has 0 fully saturated rings. The summed E-state index contributed by atoms with van der Waals surface area (Å²) in [6.45, 7) is 2.40. The molecular weight excluding hydrogens is 233 g/mol. The molecule has 1 aromatic heterocycles. The highest BCUT2D eigenvalue weighted by molar-refractivity contribution is 5.19. The van der Waals surface area contributed by atoms with E-state index < -0.39 is 0 Å². The molecular formula is C14H16FNO2. The minimum absolute atomic E-state index is 0.0309. The van der Waals surface area contributed by atoms with Crippen molar-refractivity contribution >= 4 is 0 Å². The lowest BCUT2D eigenvalue weighted by Crippen LogP contribution is -2.17. The lowest BCUT2D eigenvalue weighted by molar-refractivity contribution is 0.242. The minimum atomic E-state index is -0.235. The summed E-state index contributed by atoms with van der Waals surface area (Å²) in [5, 5.41) is 12.1. The van der Waals surface area contributed by atoms with Gasteiger partial charge in [-0.1, -0.05) is 12.1 Å². The fraction of sp³-hybridized carbons (Fsp3) is 0.286. The first-order chi connectivity index (χ1) is 8.69. The second-order valence-electron chi connectivity index (χ2n) is 4.18. The van der Waals surface area contributed by atoms with Crippen LogP contribution in [-0.2, 0) is 13.2 Å². The Morgan fingerprint density at radius 2 is 2.06 bits per heavy atom. The van der Waals surface area contributed by atoms with Crippen molar-refractivity contribution in [1.82, 2.24) is 5.32 Å². The molecule has 1 aromatic carbocycles. The van der Waals surface area contributed by atoms with E-state index in [1.807, 2.05) is 19.1 Å². The lowest BCUT2D eigenvalue weighted by Gasteiger charge is -2.13. The summed E-state index contributed by atoms with van der Waals surface area (Å²) >= 11 is 0. The number of rotatable bonds is 5. The normalized spacial score (nSPS) is 12.6. The van der Waals surface area contributed by atoms with Crippen LogP contribution in [0.25, 0.3) is 0 Å². The van der Waals surface area contributed by atoms with Gasteiger partial charge in [0.25, 0.3) is 0 Å². The number of hydrogen-bond donors (Lipinski definition) is 2. The topological polar surface area (TPSA) is 45.4 Å². The Morgan fingerprint density at radius 1 is 1.28 bits per heavy atom. The fourth-order valence-electron chi connectivity index (χ4n) is 1.75. The van der Waals surface area contributed by atoms with E-state index in [1.165, 1.54) is 12.1 Å². The van der Waals surface area contributed by atoms with Crippen LogP contribution in [0.15, 0.2) is 40.8 Å². The average molecular weight is 249 g/mol. The number of benzene rings is 1. The SMILES string of the molecule is CC(NCc1ccc(CO)o1)c1cccc(F)c1. The smallest absolute Gasteiger partial charge is 0.129 e. The summed E-state index contributed by atoms with van der Waals surface area (Å²) in [5.74, 6) is 1.06. The molecule has 4 heteroatoms. The minimum Gasteiger partial charge on any atom is -0.462 e. The van der Waals surface area contributed by atoms with E-state index in [0.29, 0.717) is 12.3 Å². The molecule has 0 aliphatic rings. The van der Waals surface area contributed by atoms with E-state index in [-0.39, 0.29) is 18.5 Å². The first-order valence-corrected chi connectivity index (χ1v) is 5.86. The highest BCUT2D eigenvalue weighted by Crippen LogP contribution is 2.15. The summed E-state index contributed by atoms with van der Waals surface area (Å²) in [6.07, 6.45) is 0. The number of nitrogens with one attached hydrogen (secondary N) is 1. The quantitative estimate of drug-likeness (QED) is 0.856. The first kappa shape index (κ1) is 12.8. The molecule has 0 radical (unpaired) electrons. The zero-order valence-corrected chi connectivity index (χ0v) is 10.2. The molecule has 0 bridgehead atoms. The van der Waals surface area contributed by atoms with Gasteiger partial charge in [0.15, 0.2) is 0 Å². The van der Waals surface area contributed by atoms with E-state index in [2.05, 4.69) is 5.32 Å². The molecule has 2 N–H and O–H groups in total. The highest BCUT2D eigenvalue weighted by Gasteiger charge is 2.07. The van der Waals surface area contributed by atoms with Gasteiger partial charge in [0.05, 0.1) is 6.54 Å². The van der Waals surface area contributed by atoms with Gasteiger partial charge in [0, 0.05) is 6.04 Å². The molecule has 18 heavy (non-hydrogen) atoms. The summed E-state index contributed by atoms with van der Waals surface area (Å²) in [5.41, 5.74) is 0.893. The van der Waals surface area contributed by atoms with Gasteiger partial charge < -0.3 is 14.8 Å². The Hall–Kier alpha value is -1.65. The van der Waals surface area contributed by atoms with Gasteiger partial charge in [-0.15, -0.1) is 0 Å². The van der Waals surface area contributed by atoms with Crippen LogP contribution in [0, 0.1) is 5.82 Å². The zero-order valence-electron chi connectivity index (χ0n) is 10.2. The number of furan rings is 1. The molecule has 0 amide bonds. The second-order valence-corrected chi connectivity index (χ2v) is 4.18. The van der Waals surface area contributed by atoms with Crippen molar-refractivity contribution in [2.24, 2.45) is 0 Å². The Bertz CT molecular complexity index is 510. The summed E-state index contributed by atoms with van der Waals surface area (Å²) < 4.78 is 18.4. The molecule has 96 valence electrons. The Morgan fingerprint density at radius 3 is 2.72 bits per heavy atom. The van der Waals surface area contributed by atoms with Crippen molar-refractivity contribution in [2.45, 2.75) is 26.1 Å². The maximum absolute atomic E-state index is 13.1. The van der Waals surface area contributed by atoms with Crippen molar-refractivity contribution in [3.05, 3.63) is 59.3 Å². The third kappa shape index (κ3) is 3.18. The fourth-order valence-corrected chi connectivity index (χ4v) is 1.75. The molecule has 0 saturated heterocycles. The van der Waals surface area contributed by atoms with Crippen molar-refractivity contribution in [3.8, 4) is 0 Å². The molecule has 0 aliphatic heterocycles. The standard InChI is InChI=1S/C14H16FNO2/c1-10(11-3-2-4-12(15)7-11)16-8-13-5-6-14(9-17)18-13/h2-7,10,16-17H,8-9H2,1H3. The van der Waals surface area contributed by atoms with Gasteiger partial charge >= 0.3 is 0 Å². The Kier molecular flexibility index (Phi) is 4.12. The maximum Gasteiger partial charge on any atom is 0.129 e. The van der Waals surface area contributed by atoms with E-state index in [1.54, 1.807) is 12.1 Å². The number of hydrogen-bond acceptors (Lipinski definition) is 3. The number of aliphatic hydroxyl groups excluding tert-OH is 1. The van der Waals surface area contributed by atoms with Gasteiger partial charge in [0.2, 0.25) is 0 Å². The molecule has 1 heterocycles. The molecule has 3 nitrogen and oxygen atoms in total. The summed E-state index contributed by atoms with van der Waals surface area (Å²) in [4.78, 5) is 0. The van der Waals surface area contributed by atoms with Gasteiger partial charge in [-0.25, -0.2) is 4.39 Å². The molecule has 0 saturated carbocycles. The highest BCUT2D eigenvalue weighted by atomic mass is 19.1. The van der Waals surface area contributed by atoms with Crippen LogP contribution in [0.5, 0.6) is 0 Å². The first-order valence-electron chi connectivity index (χ1n) is 5.86. The van der Waals surface area contributed by atoms with E-state index in [0.717, 1.165) is 11.3 Å². The van der Waals surface area contributed by atoms with Crippen LogP contribution in [0.3, 0.4) is 0 Å². The largest absolute Gasteiger partial charge is 0.462 e. The Labute approximate surface area is 105 Å². The van der Waals surface area contributed by atoms with Gasteiger partial charge in [-0.3, -0.25) is 0 Å². The molecule has 2 rings (SSSR count). The van der Waals surface area contributed by atoms with Crippen molar-refractivity contribution in [2.75, 3.05) is 0 Å². The summed E-state index contributed by atoms with van der Waals surface area (Å²) in [6, 6.07) is 10.1. The lowest BCUT2D eigenvalue weighted by atomic mass is 10.1. The van der Waals surface area contributed by atoms with Crippen LogP contribution >= 0.6 is 0 Å². The Balaban J connectivity index is 1.93. The predicted octanol–water partition coefficient (Wildman–Crippen LogP) is 2.76. The van der Waals surface area contributed by atoms with E-state index >= 15 is 0 Å². The van der Waals surface area contributed by atoms with Crippen molar-refractivity contribution in [3.63, 3.8) is 0 Å². The molecule has 0 spiro atoms. The van der Waals surface area contributed by atoms with E-state index in [9.17, 15) is 4.39 Å². The monoisotopic (exact) mass is 249 g/mol. The van der Waals surface area contributed by atoms with Gasteiger partial charge in [-0.05, 0) is 36.8 Å². The predicted molar refractivity (Wildman–Crippen MR) is 66.3 cm³/mol. The number of aliphatic hydroxyl groups is 1. The second kappa shape index (κ2) is 5.80.